The third kappa shape index (κ3) is 5.06. The molecule has 38 heavy (non-hydrogen) atoms. The van der Waals surface area contributed by atoms with E-state index in [0.29, 0.717) is 24.1 Å². The predicted octanol–water partition coefficient (Wildman–Crippen LogP) is 4.57. The Morgan fingerprint density at radius 3 is 2.55 bits per heavy atom. The van der Waals surface area contributed by atoms with Crippen LogP contribution >= 0.6 is 0 Å². The highest BCUT2D eigenvalue weighted by atomic mass is 16.2. The van der Waals surface area contributed by atoms with Crippen LogP contribution in [0.2, 0.25) is 0 Å². The van der Waals surface area contributed by atoms with Crippen LogP contribution in [0.25, 0.3) is 10.9 Å². The maximum Gasteiger partial charge on any atom is 0.275 e. The molecule has 2 amide bonds. The van der Waals surface area contributed by atoms with E-state index in [1.54, 1.807) is 12.4 Å². The number of fused-ring (bicyclic) bond motifs is 2. The number of aromatic nitrogens is 3. The van der Waals surface area contributed by atoms with Gasteiger partial charge in [0.15, 0.2) is 5.69 Å². The van der Waals surface area contributed by atoms with E-state index in [1.807, 2.05) is 29.2 Å². The summed E-state index contributed by atoms with van der Waals surface area (Å²) in [6.45, 7) is 11.1. The number of benzene rings is 1. The molecule has 2 N–H and O–H groups in total. The second kappa shape index (κ2) is 10.8. The van der Waals surface area contributed by atoms with Crippen LogP contribution in [-0.2, 0) is 4.79 Å². The van der Waals surface area contributed by atoms with Gasteiger partial charge < -0.3 is 10.2 Å². The zero-order chi connectivity index (χ0) is 26.9. The number of carbonyl (C=O) groups excluding carboxylic acids is 2. The van der Waals surface area contributed by atoms with Crippen molar-refractivity contribution in [3.8, 4) is 0 Å². The Bertz CT molecular complexity index is 1260. The SMILES string of the molecule is CC(C)CN(CC(C)C)C(C(=O)N[C@@]12CCC[C@@H]1N(C(=O)c1n[nH]c3ccncc13)CC2)c1ccccc1. The lowest BCUT2D eigenvalue weighted by atomic mass is 9.91. The fraction of sp³-hybridized carbons (Fsp3) is 0.533. The zero-order valence-electron chi connectivity index (χ0n) is 23.0. The number of carbonyl (C=O) groups is 2. The molecule has 1 aliphatic carbocycles. The van der Waals surface area contributed by atoms with Gasteiger partial charge in [-0.05, 0) is 49.1 Å². The van der Waals surface area contributed by atoms with Gasteiger partial charge in [0.05, 0.1) is 22.5 Å². The van der Waals surface area contributed by atoms with Crippen molar-refractivity contribution in [3.63, 3.8) is 0 Å². The van der Waals surface area contributed by atoms with E-state index >= 15 is 0 Å². The molecule has 3 heterocycles. The highest BCUT2D eigenvalue weighted by molar-refractivity contribution is 6.04. The Morgan fingerprint density at radius 2 is 1.84 bits per heavy atom. The second-order valence-electron chi connectivity index (χ2n) is 11.9. The first-order valence-electron chi connectivity index (χ1n) is 14.0. The van der Waals surface area contributed by atoms with Crippen molar-refractivity contribution < 1.29 is 9.59 Å². The van der Waals surface area contributed by atoms with Gasteiger partial charge in [0.1, 0.15) is 6.04 Å². The first-order chi connectivity index (χ1) is 18.3. The molecule has 2 fully saturated rings. The molecule has 0 spiro atoms. The number of amides is 2. The number of H-pyrrole nitrogens is 1. The number of hydrogen-bond donors (Lipinski definition) is 2. The number of likely N-dealkylation sites (tertiary alicyclic amines) is 1. The average Bonchev–Trinajstić information content (AvgIpc) is 3.57. The molecular weight excluding hydrogens is 476 g/mol. The third-order valence-corrected chi connectivity index (χ3v) is 8.04. The lowest BCUT2D eigenvalue weighted by Crippen LogP contribution is -2.57. The van der Waals surface area contributed by atoms with Gasteiger partial charge in [-0.3, -0.25) is 24.6 Å². The van der Waals surface area contributed by atoms with Gasteiger partial charge in [-0.15, -0.1) is 0 Å². The Morgan fingerprint density at radius 1 is 1.11 bits per heavy atom. The predicted molar refractivity (Wildman–Crippen MR) is 148 cm³/mol. The summed E-state index contributed by atoms with van der Waals surface area (Å²) in [5, 5.41) is 11.6. The Labute approximate surface area is 225 Å². The Hall–Kier alpha value is -3.26. The highest BCUT2D eigenvalue weighted by Gasteiger charge is 2.53. The van der Waals surface area contributed by atoms with Gasteiger partial charge in [0.2, 0.25) is 5.91 Å². The lowest BCUT2D eigenvalue weighted by Gasteiger charge is -2.38. The van der Waals surface area contributed by atoms with Crippen LogP contribution in [0.5, 0.6) is 0 Å². The van der Waals surface area contributed by atoms with E-state index in [9.17, 15) is 9.59 Å². The topological polar surface area (TPSA) is 94.2 Å². The van der Waals surface area contributed by atoms with E-state index in [1.165, 1.54) is 0 Å². The summed E-state index contributed by atoms with van der Waals surface area (Å²) in [5.41, 5.74) is 1.81. The summed E-state index contributed by atoms with van der Waals surface area (Å²) in [6.07, 6.45) is 6.87. The number of nitrogens with zero attached hydrogens (tertiary/aromatic N) is 4. The molecule has 1 aromatic carbocycles. The summed E-state index contributed by atoms with van der Waals surface area (Å²) in [7, 11) is 0. The Kier molecular flexibility index (Phi) is 7.52. The third-order valence-electron chi connectivity index (χ3n) is 8.04. The molecule has 2 aromatic heterocycles. The maximum atomic E-state index is 14.2. The number of pyridine rings is 1. The van der Waals surface area contributed by atoms with Crippen molar-refractivity contribution in [1.82, 2.24) is 30.3 Å². The second-order valence-corrected chi connectivity index (χ2v) is 11.9. The van der Waals surface area contributed by atoms with Gasteiger partial charge in [0.25, 0.3) is 5.91 Å². The van der Waals surface area contributed by atoms with Crippen molar-refractivity contribution in [2.75, 3.05) is 19.6 Å². The molecule has 1 saturated carbocycles. The number of hydrogen-bond acceptors (Lipinski definition) is 5. The normalized spacial score (nSPS) is 22.0. The quantitative estimate of drug-likeness (QED) is 0.435. The van der Waals surface area contributed by atoms with Crippen LogP contribution in [0.4, 0.5) is 0 Å². The van der Waals surface area contributed by atoms with Crippen LogP contribution in [0.3, 0.4) is 0 Å². The van der Waals surface area contributed by atoms with Crippen LogP contribution in [0.1, 0.15) is 75.5 Å². The van der Waals surface area contributed by atoms with Gasteiger partial charge in [-0.25, -0.2) is 0 Å². The van der Waals surface area contributed by atoms with Gasteiger partial charge in [0, 0.05) is 32.0 Å². The van der Waals surface area contributed by atoms with Crippen molar-refractivity contribution >= 4 is 22.7 Å². The first-order valence-corrected chi connectivity index (χ1v) is 14.0. The molecular formula is C30H40N6O2. The molecule has 8 nitrogen and oxygen atoms in total. The largest absolute Gasteiger partial charge is 0.347 e. The minimum absolute atomic E-state index is 0.0353. The summed E-state index contributed by atoms with van der Waals surface area (Å²) in [5.74, 6) is 0.812. The van der Waals surface area contributed by atoms with E-state index in [2.05, 4.69) is 65.2 Å². The molecule has 1 unspecified atom stereocenters. The molecule has 1 saturated heterocycles. The molecule has 3 aromatic rings. The molecule has 1 aliphatic heterocycles. The summed E-state index contributed by atoms with van der Waals surface area (Å²) < 4.78 is 0. The molecule has 2 aliphatic rings. The van der Waals surface area contributed by atoms with Crippen molar-refractivity contribution in [1.29, 1.82) is 0 Å². The lowest BCUT2D eigenvalue weighted by molar-refractivity contribution is -0.129. The molecule has 0 radical (unpaired) electrons. The first kappa shape index (κ1) is 26.4. The van der Waals surface area contributed by atoms with E-state index < -0.39 is 5.54 Å². The van der Waals surface area contributed by atoms with E-state index in [0.717, 1.165) is 55.2 Å². The van der Waals surface area contributed by atoms with E-state index in [4.69, 9.17) is 0 Å². The van der Waals surface area contributed by atoms with Crippen molar-refractivity contribution in [3.05, 3.63) is 60.0 Å². The van der Waals surface area contributed by atoms with Crippen LogP contribution < -0.4 is 5.32 Å². The van der Waals surface area contributed by atoms with E-state index in [-0.39, 0.29) is 23.9 Å². The number of nitrogens with one attached hydrogen (secondary N) is 2. The van der Waals surface area contributed by atoms with Gasteiger partial charge in [-0.1, -0.05) is 58.0 Å². The zero-order valence-corrected chi connectivity index (χ0v) is 23.0. The minimum atomic E-state index is -0.411. The molecule has 5 rings (SSSR count). The fourth-order valence-electron chi connectivity index (χ4n) is 6.58. The molecule has 3 atom stereocenters. The molecule has 202 valence electrons. The molecule has 8 heteroatoms. The van der Waals surface area contributed by atoms with Crippen LogP contribution in [0, 0.1) is 11.8 Å². The van der Waals surface area contributed by atoms with Crippen LogP contribution in [0.15, 0.2) is 48.8 Å². The average molecular weight is 517 g/mol. The highest BCUT2D eigenvalue weighted by Crippen LogP contribution is 2.43. The van der Waals surface area contributed by atoms with Crippen molar-refractivity contribution in [2.24, 2.45) is 11.8 Å². The van der Waals surface area contributed by atoms with Gasteiger partial charge in [-0.2, -0.15) is 5.10 Å². The number of aromatic amines is 1. The summed E-state index contributed by atoms with van der Waals surface area (Å²) in [4.78, 5) is 36.4. The Balaban J connectivity index is 1.41. The number of rotatable bonds is 9. The maximum absolute atomic E-state index is 14.2. The minimum Gasteiger partial charge on any atom is -0.347 e. The summed E-state index contributed by atoms with van der Waals surface area (Å²) >= 11 is 0. The van der Waals surface area contributed by atoms with Crippen molar-refractivity contribution in [2.45, 2.75) is 71.0 Å². The monoisotopic (exact) mass is 516 g/mol. The van der Waals surface area contributed by atoms with Crippen LogP contribution in [-0.4, -0.2) is 68.0 Å². The van der Waals surface area contributed by atoms with Gasteiger partial charge >= 0.3 is 0 Å². The fourth-order valence-corrected chi connectivity index (χ4v) is 6.58. The smallest absolute Gasteiger partial charge is 0.275 e. The summed E-state index contributed by atoms with van der Waals surface area (Å²) in [6, 6.07) is 11.5. The molecule has 0 bridgehead atoms. The standard InChI is InChI=1S/C30H40N6O2/c1-20(2)18-35(19-21(3)4)27(22-9-6-5-7-10-22)28(37)32-30-13-8-11-25(30)36(16-14-30)29(38)26-23-17-31-15-12-24(23)33-34-26/h5-7,9-10,12,15,17,20-21,25,27H,8,11,13-14,16,18-19H2,1-4H3,(H,32,37)(H,33,34)/t25-,27?,30+/m0/s1.